The number of anilines is 1. The molecule has 0 atom stereocenters. The Morgan fingerprint density at radius 2 is 2.12 bits per heavy atom. The van der Waals surface area contributed by atoms with E-state index in [0.29, 0.717) is 11.9 Å². The molecule has 0 amide bonds. The summed E-state index contributed by atoms with van der Waals surface area (Å²) >= 11 is 0. The van der Waals surface area contributed by atoms with Crippen LogP contribution in [0.2, 0.25) is 0 Å². The predicted molar refractivity (Wildman–Crippen MR) is 66.2 cm³/mol. The standard InChI is InChI=1S/C13H16N2O2/c1-9-14-12-8-11(2-3-13(12)17-9)15-10-4-6-16-7-5-10/h2-3,8,10,15H,4-7H2,1H3. The summed E-state index contributed by atoms with van der Waals surface area (Å²) in [4.78, 5) is 4.34. The van der Waals surface area contributed by atoms with Gasteiger partial charge in [0.05, 0.1) is 0 Å². The summed E-state index contributed by atoms with van der Waals surface area (Å²) in [5.74, 6) is 0.711. The van der Waals surface area contributed by atoms with Crippen molar-refractivity contribution >= 4 is 16.8 Å². The van der Waals surface area contributed by atoms with E-state index < -0.39 is 0 Å². The Hall–Kier alpha value is -1.55. The molecule has 1 aromatic carbocycles. The summed E-state index contributed by atoms with van der Waals surface area (Å²) in [6.07, 6.45) is 2.13. The minimum Gasteiger partial charge on any atom is -0.441 e. The van der Waals surface area contributed by atoms with Gasteiger partial charge in [0.2, 0.25) is 0 Å². The highest BCUT2D eigenvalue weighted by atomic mass is 16.5. The zero-order valence-corrected chi connectivity index (χ0v) is 9.90. The van der Waals surface area contributed by atoms with E-state index in [1.165, 1.54) is 0 Å². The van der Waals surface area contributed by atoms with Crippen LogP contribution in [0.1, 0.15) is 18.7 Å². The molecule has 0 radical (unpaired) electrons. The van der Waals surface area contributed by atoms with Gasteiger partial charge in [0.1, 0.15) is 5.52 Å². The SMILES string of the molecule is Cc1nc2cc(NC3CCOCC3)ccc2o1. The molecule has 4 nitrogen and oxygen atoms in total. The van der Waals surface area contributed by atoms with Crippen LogP contribution >= 0.6 is 0 Å². The highest BCUT2D eigenvalue weighted by Gasteiger charge is 2.13. The summed E-state index contributed by atoms with van der Waals surface area (Å²) in [6, 6.07) is 6.56. The number of ether oxygens (including phenoxy) is 1. The second kappa shape index (κ2) is 4.37. The number of aryl methyl sites for hydroxylation is 1. The summed E-state index contributed by atoms with van der Waals surface area (Å²) < 4.78 is 10.8. The first kappa shape index (κ1) is 10.6. The van der Waals surface area contributed by atoms with Gasteiger partial charge in [-0.25, -0.2) is 4.98 Å². The Morgan fingerprint density at radius 1 is 1.29 bits per heavy atom. The molecule has 0 unspecified atom stereocenters. The number of oxazole rings is 1. The molecule has 90 valence electrons. The Morgan fingerprint density at radius 3 is 2.94 bits per heavy atom. The van der Waals surface area contributed by atoms with Crippen LogP contribution in [-0.4, -0.2) is 24.2 Å². The third-order valence-corrected chi connectivity index (χ3v) is 3.09. The fourth-order valence-electron chi connectivity index (χ4n) is 2.21. The second-order valence-corrected chi connectivity index (χ2v) is 4.45. The zero-order chi connectivity index (χ0) is 11.7. The Kier molecular flexibility index (Phi) is 2.73. The molecule has 1 fully saturated rings. The lowest BCUT2D eigenvalue weighted by molar-refractivity contribution is 0.0904. The van der Waals surface area contributed by atoms with Crippen molar-refractivity contribution in [3.63, 3.8) is 0 Å². The van der Waals surface area contributed by atoms with Crippen LogP contribution in [0.5, 0.6) is 0 Å². The number of nitrogens with one attached hydrogen (secondary N) is 1. The molecule has 1 N–H and O–H groups in total. The van der Waals surface area contributed by atoms with Gasteiger partial charge in [-0.1, -0.05) is 0 Å². The number of fused-ring (bicyclic) bond motifs is 1. The molecule has 2 aromatic rings. The van der Waals surface area contributed by atoms with E-state index in [1.807, 2.05) is 25.1 Å². The van der Waals surface area contributed by atoms with E-state index in [4.69, 9.17) is 9.15 Å². The molecule has 2 heterocycles. The summed E-state index contributed by atoms with van der Waals surface area (Å²) in [5, 5.41) is 3.52. The van der Waals surface area contributed by atoms with Gasteiger partial charge in [0.25, 0.3) is 0 Å². The summed E-state index contributed by atoms with van der Waals surface area (Å²) in [7, 11) is 0. The third kappa shape index (κ3) is 2.26. The van der Waals surface area contributed by atoms with E-state index in [-0.39, 0.29) is 0 Å². The van der Waals surface area contributed by atoms with Gasteiger partial charge in [0, 0.05) is 31.9 Å². The van der Waals surface area contributed by atoms with E-state index in [0.717, 1.165) is 42.8 Å². The maximum absolute atomic E-state index is 5.45. The molecule has 1 aromatic heterocycles. The first-order valence-corrected chi connectivity index (χ1v) is 6.03. The van der Waals surface area contributed by atoms with Gasteiger partial charge in [-0.15, -0.1) is 0 Å². The first-order valence-electron chi connectivity index (χ1n) is 6.03. The predicted octanol–water partition coefficient (Wildman–Crippen LogP) is 2.73. The monoisotopic (exact) mass is 232 g/mol. The van der Waals surface area contributed by atoms with Crippen molar-refractivity contribution < 1.29 is 9.15 Å². The topological polar surface area (TPSA) is 47.3 Å². The van der Waals surface area contributed by atoms with Crippen LogP contribution in [0.15, 0.2) is 22.6 Å². The van der Waals surface area contributed by atoms with E-state index in [2.05, 4.69) is 10.3 Å². The van der Waals surface area contributed by atoms with Crippen LogP contribution in [0.25, 0.3) is 11.1 Å². The molecule has 1 aliphatic rings. The molecular weight excluding hydrogens is 216 g/mol. The Balaban J connectivity index is 1.79. The van der Waals surface area contributed by atoms with Crippen LogP contribution < -0.4 is 5.32 Å². The number of hydrogen-bond acceptors (Lipinski definition) is 4. The van der Waals surface area contributed by atoms with Gasteiger partial charge >= 0.3 is 0 Å². The number of rotatable bonds is 2. The summed E-state index contributed by atoms with van der Waals surface area (Å²) in [6.45, 7) is 3.57. The molecule has 0 saturated carbocycles. The van der Waals surface area contributed by atoms with E-state index >= 15 is 0 Å². The van der Waals surface area contributed by atoms with Gasteiger partial charge in [-0.3, -0.25) is 0 Å². The molecule has 4 heteroatoms. The van der Waals surface area contributed by atoms with Crippen LogP contribution in [-0.2, 0) is 4.74 Å². The fraction of sp³-hybridized carbons (Fsp3) is 0.462. The molecule has 0 aliphatic carbocycles. The lowest BCUT2D eigenvalue weighted by atomic mass is 10.1. The Labute approximate surface area is 100.0 Å². The lowest BCUT2D eigenvalue weighted by Crippen LogP contribution is -2.27. The molecule has 3 rings (SSSR count). The van der Waals surface area contributed by atoms with Crippen molar-refractivity contribution in [2.45, 2.75) is 25.8 Å². The van der Waals surface area contributed by atoms with Crippen LogP contribution in [0.3, 0.4) is 0 Å². The van der Waals surface area contributed by atoms with Crippen molar-refractivity contribution in [3.05, 3.63) is 24.1 Å². The fourth-order valence-corrected chi connectivity index (χ4v) is 2.21. The largest absolute Gasteiger partial charge is 0.441 e. The van der Waals surface area contributed by atoms with E-state index in [9.17, 15) is 0 Å². The van der Waals surface area contributed by atoms with Crippen LogP contribution in [0, 0.1) is 6.92 Å². The number of hydrogen-bond donors (Lipinski definition) is 1. The second-order valence-electron chi connectivity index (χ2n) is 4.45. The Bertz CT molecular complexity index is 515. The van der Waals surface area contributed by atoms with Gasteiger partial charge in [0.15, 0.2) is 11.5 Å². The minimum absolute atomic E-state index is 0.509. The molecule has 17 heavy (non-hydrogen) atoms. The minimum atomic E-state index is 0.509. The van der Waals surface area contributed by atoms with Gasteiger partial charge in [-0.2, -0.15) is 0 Å². The van der Waals surface area contributed by atoms with Gasteiger partial charge < -0.3 is 14.5 Å². The van der Waals surface area contributed by atoms with Crippen molar-refractivity contribution in [1.82, 2.24) is 4.98 Å². The molecule has 0 bridgehead atoms. The van der Waals surface area contributed by atoms with Crippen molar-refractivity contribution in [2.75, 3.05) is 18.5 Å². The first-order chi connectivity index (χ1) is 8.31. The van der Waals surface area contributed by atoms with Crippen molar-refractivity contribution in [3.8, 4) is 0 Å². The quantitative estimate of drug-likeness (QED) is 0.864. The average Bonchev–Trinajstić information content (AvgIpc) is 2.70. The highest BCUT2D eigenvalue weighted by Crippen LogP contribution is 2.21. The smallest absolute Gasteiger partial charge is 0.192 e. The molecule has 1 saturated heterocycles. The molecule has 0 spiro atoms. The average molecular weight is 232 g/mol. The normalized spacial score (nSPS) is 17.5. The van der Waals surface area contributed by atoms with E-state index in [1.54, 1.807) is 0 Å². The zero-order valence-electron chi connectivity index (χ0n) is 9.90. The third-order valence-electron chi connectivity index (χ3n) is 3.09. The number of nitrogens with zero attached hydrogens (tertiary/aromatic N) is 1. The van der Waals surface area contributed by atoms with Gasteiger partial charge in [-0.05, 0) is 31.0 Å². The summed E-state index contributed by atoms with van der Waals surface area (Å²) in [5.41, 5.74) is 2.87. The maximum atomic E-state index is 5.45. The number of benzene rings is 1. The molecular formula is C13H16N2O2. The lowest BCUT2D eigenvalue weighted by Gasteiger charge is -2.24. The van der Waals surface area contributed by atoms with Crippen LogP contribution in [0.4, 0.5) is 5.69 Å². The highest BCUT2D eigenvalue weighted by molar-refractivity contribution is 5.77. The maximum Gasteiger partial charge on any atom is 0.192 e. The van der Waals surface area contributed by atoms with Crippen molar-refractivity contribution in [1.29, 1.82) is 0 Å². The number of aromatic nitrogens is 1. The van der Waals surface area contributed by atoms with Crippen molar-refractivity contribution in [2.24, 2.45) is 0 Å². The molecule has 1 aliphatic heterocycles.